The third kappa shape index (κ3) is 5.95. The average Bonchev–Trinajstić information content (AvgIpc) is 2.75. The Morgan fingerprint density at radius 1 is 0.929 bits per heavy atom. The third-order valence-corrected chi connectivity index (χ3v) is 4.64. The lowest BCUT2D eigenvalue weighted by atomic mass is 10.0. The summed E-state index contributed by atoms with van der Waals surface area (Å²) in [6.07, 6.45) is 7.27. The summed E-state index contributed by atoms with van der Waals surface area (Å²) < 4.78 is 5.85. The largest absolute Gasteiger partial charge is 0.494 e. The number of ether oxygens (including phenoxy) is 1. The number of benzene rings is 2. The van der Waals surface area contributed by atoms with E-state index in [1.165, 1.54) is 5.56 Å². The summed E-state index contributed by atoms with van der Waals surface area (Å²) in [4.78, 5) is 15.6. The number of amides is 1. The molecule has 1 aromatic heterocycles. The number of unbranched alkanes of at least 4 members (excludes halogenated alkanes) is 1. The van der Waals surface area contributed by atoms with Crippen LogP contribution in [0.15, 0.2) is 73.1 Å². The van der Waals surface area contributed by atoms with Crippen molar-refractivity contribution >= 4 is 5.91 Å². The first kappa shape index (κ1) is 19.6. The average molecular weight is 374 g/mol. The van der Waals surface area contributed by atoms with Gasteiger partial charge >= 0.3 is 0 Å². The molecule has 0 radical (unpaired) electrons. The van der Waals surface area contributed by atoms with Crippen LogP contribution in [0.5, 0.6) is 5.75 Å². The second-order valence-electron chi connectivity index (χ2n) is 6.74. The van der Waals surface area contributed by atoms with Crippen LogP contribution in [-0.4, -0.2) is 24.5 Å². The van der Waals surface area contributed by atoms with Crippen molar-refractivity contribution in [3.05, 3.63) is 84.2 Å². The molecule has 3 aromatic rings. The van der Waals surface area contributed by atoms with E-state index in [9.17, 15) is 4.79 Å². The summed E-state index contributed by atoms with van der Waals surface area (Å²) in [6.45, 7) is 0.716. The molecule has 0 aliphatic heterocycles. The third-order valence-electron chi connectivity index (χ3n) is 4.64. The molecule has 0 aliphatic rings. The minimum Gasteiger partial charge on any atom is -0.494 e. The van der Waals surface area contributed by atoms with Gasteiger partial charge in [0, 0.05) is 19.4 Å². The van der Waals surface area contributed by atoms with E-state index in [1.54, 1.807) is 13.2 Å². The highest BCUT2D eigenvalue weighted by Crippen LogP contribution is 2.23. The molecule has 144 valence electrons. The minimum absolute atomic E-state index is 0.0229. The maximum Gasteiger partial charge on any atom is 0.224 e. The van der Waals surface area contributed by atoms with Crippen LogP contribution in [0, 0.1) is 0 Å². The van der Waals surface area contributed by atoms with Crippen LogP contribution in [0.25, 0.3) is 11.1 Å². The van der Waals surface area contributed by atoms with Crippen molar-refractivity contribution in [3.8, 4) is 16.9 Å². The van der Waals surface area contributed by atoms with E-state index < -0.39 is 0 Å². The Balaban J connectivity index is 1.45. The molecule has 0 bridgehead atoms. The number of hydrogen-bond donors (Lipinski definition) is 1. The fraction of sp³-hybridized carbons (Fsp3) is 0.250. The SMILES string of the molecule is CNC(=O)Cc1ccc(-c2ccc(OCCCCc3cccnc3)cc2)cc1. The van der Waals surface area contributed by atoms with Crippen molar-refractivity contribution in [1.82, 2.24) is 10.3 Å². The second kappa shape index (κ2) is 10.3. The number of rotatable bonds is 9. The molecule has 0 aliphatic carbocycles. The summed E-state index contributed by atoms with van der Waals surface area (Å²) in [6, 6.07) is 20.3. The number of carbonyl (C=O) groups excluding carboxylic acids is 1. The maximum atomic E-state index is 11.4. The van der Waals surface area contributed by atoms with E-state index in [0.717, 1.165) is 41.7 Å². The van der Waals surface area contributed by atoms with Gasteiger partial charge in [-0.05, 0) is 59.7 Å². The predicted octanol–water partition coefficient (Wildman–Crippen LogP) is 4.44. The Labute approximate surface area is 166 Å². The number of aromatic nitrogens is 1. The Kier molecular flexibility index (Phi) is 7.19. The van der Waals surface area contributed by atoms with Crippen molar-refractivity contribution in [2.75, 3.05) is 13.7 Å². The molecule has 4 nitrogen and oxygen atoms in total. The van der Waals surface area contributed by atoms with Gasteiger partial charge in [-0.25, -0.2) is 0 Å². The summed E-state index contributed by atoms with van der Waals surface area (Å²) in [5.41, 5.74) is 4.54. The lowest BCUT2D eigenvalue weighted by Crippen LogP contribution is -2.19. The fourth-order valence-corrected chi connectivity index (χ4v) is 3.00. The van der Waals surface area contributed by atoms with E-state index >= 15 is 0 Å². The molecule has 0 unspecified atom stereocenters. The second-order valence-corrected chi connectivity index (χ2v) is 6.74. The number of nitrogens with one attached hydrogen (secondary N) is 1. The molecule has 4 heteroatoms. The molecule has 0 atom stereocenters. The van der Waals surface area contributed by atoms with Crippen molar-refractivity contribution in [3.63, 3.8) is 0 Å². The molecule has 0 spiro atoms. The summed E-state index contributed by atoms with van der Waals surface area (Å²) in [5, 5.41) is 2.64. The maximum absolute atomic E-state index is 11.4. The summed E-state index contributed by atoms with van der Waals surface area (Å²) >= 11 is 0. The fourth-order valence-electron chi connectivity index (χ4n) is 3.00. The topological polar surface area (TPSA) is 51.2 Å². The zero-order chi connectivity index (χ0) is 19.6. The van der Waals surface area contributed by atoms with Gasteiger partial charge in [0.15, 0.2) is 0 Å². The van der Waals surface area contributed by atoms with Crippen LogP contribution >= 0.6 is 0 Å². The molecule has 2 aromatic carbocycles. The molecular formula is C24H26N2O2. The summed E-state index contributed by atoms with van der Waals surface area (Å²) in [7, 11) is 1.65. The van der Waals surface area contributed by atoms with Crippen molar-refractivity contribution < 1.29 is 9.53 Å². The van der Waals surface area contributed by atoms with Crippen LogP contribution in [-0.2, 0) is 17.6 Å². The molecule has 0 saturated heterocycles. The Morgan fingerprint density at radius 3 is 2.29 bits per heavy atom. The molecule has 0 saturated carbocycles. The van der Waals surface area contributed by atoms with Gasteiger partial charge in [0.25, 0.3) is 0 Å². The highest BCUT2D eigenvalue weighted by molar-refractivity contribution is 5.78. The van der Waals surface area contributed by atoms with Crippen LogP contribution < -0.4 is 10.1 Å². The van der Waals surface area contributed by atoms with Gasteiger partial charge in [-0.1, -0.05) is 42.5 Å². The van der Waals surface area contributed by atoms with Crippen molar-refractivity contribution in [2.24, 2.45) is 0 Å². The van der Waals surface area contributed by atoms with Crippen molar-refractivity contribution in [2.45, 2.75) is 25.7 Å². The molecule has 1 N–H and O–H groups in total. The zero-order valence-corrected chi connectivity index (χ0v) is 16.2. The van der Waals surface area contributed by atoms with Crippen molar-refractivity contribution in [1.29, 1.82) is 0 Å². The molecular weight excluding hydrogens is 348 g/mol. The molecule has 3 rings (SSSR count). The highest BCUT2D eigenvalue weighted by atomic mass is 16.5. The number of nitrogens with zero attached hydrogens (tertiary/aromatic N) is 1. The minimum atomic E-state index is 0.0229. The van der Waals surface area contributed by atoms with Crippen LogP contribution in [0.1, 0.15) is 24.0 Å². The first-order valence-electron chi connectivity index (χ1n) is 9.66. The van der Waals surface area contributed by atoms with Gasteiger partial charge in [0.1, 0.15) is 5.75 Å². The quantitative estimate of drug-likeness (QED) is 0.564. The number of likely N-dealkylation sites (N-methyl/N-ethyl adjacent to an activating group) is 1. The molecule has 1 heterocycles. The van der Waals surface area contributed by atoms with Crippen LogP contribution in [0.3, 0.4) is 0 Å². The van der Waals surface area contributed by atoms with Crippen LogP contribution in [0.2, 0.25) is 0 Å². The molecule has 1 amide bonds. The Hall–Kier alpha value is -3.14. The van der Waals surface area contributed by atoms with E-state index in [0.29, 0.717) is 13.0 Å². The van der Waals surface area contributed by atoms with Gasteiger partial charge in [0.05, 0.1) is 13.0 Å². The van der Waals surface area contributed by atoms with Gasteiger partial charge in [-0.15, -0.1) is 0 Å². The number of pyridine rings is 1. The lowest BCUT2D eigenvalue weighted by molar-refractivity contribution is -0.119. The lowest BCUT2D eigenvalue weighted by Gasteiger charge is -2.08. The smallest absolute Gasteiger partial charge is 0.224 e. The molecule has 28 heavy (non-hydrogen) atoms. The van der Waals surface area contributed by atoms with Gasteiger partial charge < -0.3 is 10.1 Å². The standard InChI is InChI=1S/C24H26N2O2/c1-25-24(27)17-19-7-9-21(10-8-19)22-11-13-23(14-12-22)28-16-3-2-5-20-6-4-15-26-18-20/h4,6-15,18H,2-3,5,16-17H2,1H3,(H,25,27). The Bertz CT molecular complexity index is 859. The van der Waals surface area contributed by atoms with E-state index in [1.807, 2.05) is 48.7 Å². The predicted molar refractivity (Wildman–Crippen MR) is 112 cm³/mol. The zero-order valence-electron chi connectivity index (χ0n) is 16.2. The summed E-state index contributed by atoms with van der Waals surface area (Å²) in [5.74, 6) is 0.913. The number of aryl methyl sites for hydroxylation is 1. The van der Waals surface area contributed by atoms with E-state index in [-0.39, 0.29) is 5.91 Å². The van der Waals surface area contributed by atoms with Crippen LogP contribution in [0.4, 0.5) is 0 Å². The van der Waals surface area contributed by atoms with Gasteiger partial charge in [0.2, 0.25) is 5.91 Å². The first-order valence-corrected chi connectivity index (χ1v) is 9.66. The first-order chi connectivity index (χ1) is 13.7. The highest BCUT2D eigenvalue weighted by Gasteiger charge is 2.03. The van der Waals surface area contributed by atoms with E-state index in [2.05, 4.69) is 28.5 Å². The Morgan fingerprint density at radius 2 is 1.64 bits per heavy atom. The molecule has 0 fully saturated rings. The normalized spacial score (nSPS) is 10.5. The monoisotopic (exact) mass is 374 g/mol. The van der Waals surface area contributed by atoms with Gasteiger partial charge in [-0.2, -0.15) is 0 Å². The van der Waals surface area contributed by atoms with E-state index in [4.69, 9.17) is 4.74 Å². The number of carbonyl (C=O) groups is 1. The number of hydrogen-bond acceptors (Lipinski definition) is 3. The van der Waals surface area contributed by atoms with Gasteiger partial charge in [-0.3, -0.25) is 9.78 Å².